The molecule has 0 aliphatic rings. The van der Waals surface area contributed by atoms with Crippen LogP contribution in [0.15, 0.2) is 18.2 Å². The Morgan fingerprint density at radius 1 is 1.21 bits per heavy atom. The van der Waals surface area contributed by atoms with Gasteiger partial charge in [0.15, 0.2) is 0 Å². The van der Waals surface area contributed by atoms with Crippen molar-refractivity contribution < 1.29 is 4.74 Å². The third-order valence-electron chi connectivity index (χ3n) is 3.35. The predicted molar refractivity (Wildman–Crippen MR) is 82.7 cm³/mol. The molecule has 1 unspecified atom stereocenters. The molecule has 0 bridgehead atoms. The van der Waals surface area contributed by atoms with Gasteiger partial charge in [-0.2, -0.15) is 0 Å². The molecule has 2 nitrogen and oxygen atoms in total. The molecule has 1 atom stereocenters. The number of ether oxygens (including phenoxy) is 1. The van der Waals surface area contributed by atoms with Gasteiger partial charge in [-0.25, -0.2) is 0 Å². The minimum absolute atomic E-state index is 0.0934. The summed E-state index contributed by atoms with van der Waals surface area (Å²) in [4.78, 5) is 0. The third kappa shape index (κ3) is 5.33. The molecule has 1 N–H and O–H groups in total. The molecule has 1 rings (SSSR count). The molecule has 1 aromatic carbocycles. The zero-order valence-corrected chi connectivity index (χ0v) is 13.3. The van der Waals surface area contributed by atoms with Crippen molar-refractivity contribution in [3.63, 3.8) is 0 Å². The Morgan fingerprint density at radius 3 is 2.47 bits per heavy atom. The second kappa shape index (κ2) is 7.06. The van der Waals surface area contributed by atoms with Crippen molar-refractivity contribution in [2.75, 3.05) is 13.2 Å². The SMILES string of the molecule is CCCNC(COC(C)(C)C)c1cccc(C)c1C. The highest BCUT2D eigenvalue weighted by atomic mass is 16.5. The molecule has 0 aliphatic heterocycles. The predicted octanol–water partition coefficient (Wildman–Crippen LogP) is 4.16. The van der Waals surface area contributed by atoms with E-state index in [2.05, 4.69) is 65.1 Å². The average molecular weight is 263 g/mol. The van der Waals surface area contributed by atoms with Crippen LogP contribution in [-0.4, -0.2) is 18.8 Å². The van der Waals surface area contributed by atoms with Crippen molar-refractivity contribution in [2.45, 2.75) is 59.6 Å². The Bertz CT molecular complexity index is 393. The highest BCUT2D eigenvalue weighted by Gasteiger charge is 2.18. The smallest absolute Gasteiger partial charge is 0.0668 e. The van der Waals surface area contributed by atoms with Crippen molar-refractivity contribution in [1.82, 2.24) is 5.32 Å². The summed E-state index contributed by atoms with van der Waals surface area (Å²) >= 11 is 0. The monoisotopic (exact) mass is 263 g/mol. The fourth-order valence-corrected chi connectivity index (χ4v) is 2.06. The molecule has 0 fully saturated rings. The van der Waals surface area contributed by atoms with Gasteiger partial charge in [0.2, 0.25) is 0 Å². The lowest BCUT2D eigenvalue weighted by atomic mass is 9.97. The molecule has 0 amide bonds. The van der Waals surface area contributed by atoms with Crippen LogP contribution < -0.4 is 5.32 Å². The maximum atomic E-state index is 5.98. The molecule has 0 radical (unpaired) electrons. The number of benzene rings is 1. The van der Waals surface area contributed by atoms with Crippen molar-refractivity contribution in [2.24, 2.45) is 0 Å². The lowest BCUT2D eigenvalue weighted by Crippen LogP contribution is -2.31. The lowest BCUT2D eigenvalue weighted by Gasteiger charge is -2.27. The van der Waals surface area contributed by atoms with E-state index in [-0.39, 0.29) is 11.6 Å². The van der Waals surface area contributed by atoms with E-state index in [1.54, 1.807) is 0 Å². The standard InChI is InChI=1S/C17H29NO/c1-7-11-18-16(12-19-17(4,5)6)15-10-8-9-13(2)14(15)3/h8-10,16,18H,7,11-12H2,1-6H3. The van der Waals surface area contributed by atoms with Gasteiger partial charge in [-0.3, -0.25) is 0 Å². The van der Waals surface area contributed by atoms with Gasteiger partial charge in [0.05, 0.1) is 18.2 Å². The first-order chi connectivity index (χ1) is 8.85. The average Bonchev–Trinajstić information content (AvgIpc) is 2.32. The van der Waals surface area contributed by atoms with Gasteiger partial charge in [-0.05, 0) is 64.3 Å². The maximum absolute atomic E-state index is 5.98. The second-order valence-corrected chi connectivity index (χ2v) is 6.22. The van der Waals surface area contributed by atoms with Crippen LogP contribution in [0.3, 0.4) is 0 Å². The van der Waals surface area contributed by atoms with E-state index in [9.17, 15) is 0 Å². The molecule has 108 valence electrons. The molecular weight excluding hydrogens is 234 g/mol. The van der Waals surface area contributed by atoms with E-state index in [4.69, 9.17) is 4.74 Å². The normalized spacial score (nSPS) is 13.6. The molecule has 0 aromatic heterocycles. The van der Waals surface area contributed by atoms with Crippen LogP contribution in [0.5, 0.6) is 0 Å². The Kier molecular flexibility index (Phi) is 6.02. The second-order valence-electron chi connectivity index (χ2n) is 6.22. The fraction of sp³-hybridized carbons (Fsp3) is 0.647. The lowest BCUT2D eigenvalue weighted by molar-refractivity contribution is -0.0148. The van der Waals surface area contributed by atoms with Gasteiger partial charge in [0.1, 0.15) is 0 Å². The van der Waals surface area contributed by atoms with Gasteiger partial charge in [0, 0.05) is 0 Å². The van der Waals surface area contributed by atoms with Crippen LogP contribution in [-0.2, 0) is 4.74 Å². The highest BCUT2D eigenvalue weighted by Crippen LogP contribution is 2.22. The van der Waals surface area contributed by atoms with Crippen LogP contribution in [0.2, 0.25) is 0 Å². The fourth-order valence-electron chi connectivity index (χ4n) is 2.06. The van der Waals surface area contributed by atoms with Crippen LogP contribution in [0, 0.1) is 13.8 Å². The Balaban J connectivity index is 2.86. The van der Waals surface area contributed by atoms with Gasteiger partial charge < -0.3 is 10.1 Å². The Labute approximate surface area is 118 Å². The van der Waals surface area contributed by atoms with Crippen molar-refractivity contribution in [1.29, 1.82) is 0 Å². The first kappa shape index (κ1) is 16.2. The summed E-state index contributed by atoms with van der Waals surface area (Å²) in [7, 11) is 0. The first-order valence-electron chi connectivity index (χ1n) is 7.28. The largest absolute Gasteiger partial charge is 0.374 e. The van der Waals surface area contributed by atoms with Crippen molar-refractivity contribution in [3.05, 3.63) is 34.9 Å². The summed E-state index contributed by atoms with van der Waals surface area (Å²) in [6.07, 6.45) is 1.14. The van der Waals surface area contributed by atoms with E-state index in [0.29, 0.717) is 6.61 Å². The molecule has 19 heavy (non-hydrogen) atoms. The zero-order valence-electron chi connectivity index (χ0n) is 13.3. The van der Waals surface area contributed by atoms with E-state index in [0.717, 1.165) is 13.0 Å². The van der Waals surface area contributed by atoms with Gasteiger partial charge in [0.25, 0.3) is 0 Å². The van der Waals surface area contributed by atoms with E-state index >= 15 is 0 Å². The molecule has 0 saturated carbocycles. The molecule has 0 heterocycles. The summed E-state index contributed by atoms with van der Waals surface area (Å²) in [5, 5.41) is 3.60. The highest BCUT2D eigenvalue weighted by molar-refractivity contribution is 5.35. The number of rotatable bonds is 6. The van der Waals surface area contributed by atoms with E-state index < -0.39 is 0 Å². The summed E-state index contributed by atoms with van der Waals surface area (Å²) in [5.41, 5.74) is 3.98. The van der Waals surface area contributed by atoms with Gasteiger partial charge in [-0.15, -0.1) is 0 Å². The minimum Gasteiger partial charge on any atom is -0.374 e. The van der Waals surface area contributed by atoms with Gasteiger partial charge >= 0.3 is 0 Å². The number of nitrogens with one attached hydrogen (secondary N) is 1. The zero-order chi connectivity index (χ0) is 14.5. The summed E-state index contributed by atoms with van der Waals surface area (Å²) in [6, 6.07) is 6.79. The Hall–Kier alpha value is -0.860. The molecule has 0 aliphatic carbocycles. The molecule has 1 aromatic rings. The summed E-state index contributed by atoms with van der Waals surface area (Å²) < 4.78 is 5.98. The number of hydrogen-bond donors (Lipinski definition) is 1. The molecule has 0 spiro atoms. The van der Waals surface area contributed by atoms with Gasteiger partial charge in [-0.1, -0.05) is 25.1 Å². The molecular formula is C17H29NO. The first-order valence-corrected chi connectivity index (χ1v) is 7.28. The Morgan fingerprint density at radius 2 is 1.89 bits per heavy atom. The maximum Gasteiger partial charge on any atom is 0.0668 e. The molecule has 0 saturated heterocycles. The van der Waals surface area contributed by atoms with Crippen LogP contribution in [0.4, 0.5) is 0 Å². The van der Waals surface area contributed by atoms with Crippen molar-refractivity contribution >= 4 is 0 Å². The quantitative estimate of drug-likeness (QED) is 0.832. The number of aryl methyl sites for hydroxylation is 1. The van der Waals surface area contributed by atoms with Crippen LogP contribution in [0.1, 0.15) is 56.8 Å². The van der Waals surface area contributed by atoms with E-state index in [1.807, 2.05) is 0 Å². The number of hydrogen-bond acceptors (Lipinski definition) is 2. The van der Waals surface area contributed by atoms with E-state index in [1.165, 1.54) is 16.7 Å². The summed E-state index contributed by atoms with van der Waals surface area (Å²) in [6.45, 7) is 14.6. The van der Waals surface area contributed by atoms with Crippen LogP contribution >= 0.6 is 0 Å². The topological polar surface area (TPSA) is 21.3 Å². The third-order valence-corrected chi connectivity index (χ3v) is 3.35. The summed E-state index contributed by atoms with van der Waals surface area (Å²) in [5.74, 6) is 0. The van der Waals surface area contributed by atoms with Crippen molar-refractivity contribution in [3.8, 4) is 0 Å². The molecule has 2 heteroatoms. The van der Waals surface area contributed by atoms with Crippen LogP contribution in [0.25, 0.3) is 0 Å². The minimum atomic E-state index is -0.0934.